The average Bonchev–Trinajstić information content (AvgIpc) is 2.65. The van der Waals surface area contributed by atoms with Gasteiger partial charge in [0.25, 0.3) is 0 Å². The highest BCUT2D eigenvalue weighted by atomic mass is 32.2. The molecule has 0 amide bonds. The Hall–Kier alpha value is -2.89. The number of nitrogens with zero attached hydrogens (tertiary/aromatic N) is 1. The first-order valence-electron chi connectivity index (χ1n) is 8.15. The maximum atomic E-state index is 10.8. The van der Waals surface area contributed by atoms with Crippen molar-refractivity contribution < 1.29 is 14.6 Å². The minimum Gasteiger partial charge on any atom is -0.481 e. The number of carboxylic acids is 1. The van der Waals surface area contributed by atoms with Crippen molar-refractivity contribution in [1.29, 1.82) is 5.26 Å². The first-order chi connectivity index (χ1) is 12.6. The molecule has 2 rings (SSSR count). The molecule has 0 saturated heterocycles. The molecule has 0 bridgehead atoms. The van der Waals surface area contributed by atoms with Crippen molar-refractivity contribution in [2.75, 3.05) is 12.9 Å². The van der Waals surface area contributed by atoms with Crippen molar-refractivity contribution >= 4 is 17.7 Å². The average molecular weight is 365 g/mol. The maximum absolute atomic E-state index is 10.8. The molecule has 0 unspecified atom stereocenters. The van der Waals surface area contributed by atoms with Crippen LogP contribution in [0.2, 0.25) is 0 Å². The lowest BCUT2D eigenvalue weighted by Crippen LogP contribution is -2.10. The third-order valence-electron chi connectivity index (χ3n) is 3.63. The third kappa shape index (κ3) is 5.31. The van der Waals surface area contributed by atoms with Crippen LogP contribution in [0.25, 0.3) is 0 Å². The van der Waals surface area contributed by atoms with Gasteiger partial charge in [-0.05, 0) is 48.6 Å². The van der Waals surface area contributed by atoms with Gasteiger partial charge in [-0.3, -0.25) is 0 Å². The lowest BCUT2D eigenvalue weighted by molar-refractivity contribution is -0.139. The Labute approximate surface area is 157 Å². The van der Waals surface area contributed by atoms with Gasteiger partial charge in [0.15, 0.2) is 6.61 Å². The Morgan fingerprint density at radius 1 is 1.19 bits per heavy atom. The van der Waals surface area contributed by atoms with Gasteiger partial charge in [0.2, 0.25) is 0 Å². The van der Waals surface area contributed by atoms with Crippen LogP contribution in [0.1, 0.15) is 35.6 Å². The van der Waals surface area contributed by atoms with E-state index in [1.54, 1.807) is 30.0 Å². The summed E-state index contributed by atoms with van der Waals surface area (Å²) in [5, 5.41) is 17.9. The van der Waals surface area contributed by atoms with E-state index in [-0.39, 0.29) is 0 Å². The molecule has 1 N–H and O–H groups in total. The monoisotopic (exact) mass is 365 g/mol. The smallest absolute Gasteiger partial charge is 0.341 e. The summed E-state index contributed by atoms with van der Waals surface area (Å²) in [5.41, 5.74) is 3.05. The third-order valence-corrected chi connectivity index (χ3v) is 4.35. The van der Waals surface area contributed by atoms with E-state index in [0.29, 0.717) is 16.9 Å². The molecule has 0 fully saturated rings. The van der Waals surface area contributed by atoms with Gasteiger partial charge in [-0.25, -0.2) is 4.79 Å². The molecule has 4 nitrogen and oxygen atoms in total. The van der Waals surface area contributed by atoms with Crippen molar-refractivity contribution in [3.05, 3.63) is 58.7 Å². The quantitative estimate of drug-likeness (QED) is 0.616. The van der Waals surface area contributed by atoms with Crippen LogP contribution in [0, 0.1) is 23.2 Å². The van der Waals surface area contributed by atoms with Gasteiger partial charge >= 0.3 is 5.97 Å². The standard InChI is InChI=1S/C21H19NO3S/c1-3-4-16-8-9-19(26-2)12-17(16)6-7-18-11-15(13-22)5-10-20(18)25-14-21(23)24/h5,8-12H,3-4,14H2,1-2H3,(H,23,24). The first kappa shape index (κ1) is 19.4. The molecule has 26 heavy (non-hydrogen) atoms. The van der Waals surface area contributed by atoms with Crippen molar-refractivity contribution in [3.63, 3.8) is 0 Å². The van der Waals surface area contributed by atoms with Crippen LogP contribution >= 0.6 is 11.8 Å². The molecule has 2 aromatic rings. The predicted molar refractivity (Wildman–Crippen MR) is 102 cm³/mol. The molecule has 0 heterocycles. The Morgan fingerprint density at radius 3 is 2.62 bits per heavy atom. The second kappa shape index (κ2) is 9.56. The summed E-state index contributed by atoms with van der Waals surface area (Å²) in [4.78, 5) is 11.9. The largest absolute Gasteiger partial charge is 0.481 e. The van der Waals surface area contributed by atoms with E-state index in [9.17, 15) is 4.79 Å². The number of aliphatic carboxylic acids is 1. The van der Waals surface area contributed by atoms with E-state index in [0.717, 1.165) is 23.3 Å². The van der Waals surface area contributed by atoms with E-state index >= 15 is 0 Å². The Morgan fingerprint density at radius 2 is 1.96 bits per heavy atom. The molecular formula is C21H19NO3S. The summed E-state index contributed by atoms with van der Waals surface area (Å²) in [6.45, 7) is 1.66. The lowest BCUT2D eigenvalue weighted by atomic mass is 10.0. The molecule has 132 valence electrons. The number of aryl methyl sites for hydroxylation is 1. The van der Waals surface area contributed by atoms with Crippen LogP contribution in [0.15, 0.2) is 41.3 Å². The fourth-order valence-electron chi connectivity index (χ4n) is 2.38. The Bertz CT molecular complexity index is 904. The summed E-state index contributed by atoms with van der Waals surface area (Å²) in [5.74, 6) is 5.51. The van der Waals surface area contributed by atoms with Crippen molar-refractivity contribution in [2.24, 2.45) is 0 Å². The van der Waals surface area contributed by atoms with Crippen LogP contribution in [-0.2, 0) is 11.2 Å². The normalized spacial score (nSPS) is 9.73. The van der Waals surface area contributed by atoms with Gasteiger partial charge in [-0.15, -0.1) is 11.8 Å². The first-order valence-corrected chi connectivity index (χ1v) is 9.37. The number of carboxylic acid groups (broad SMARTS) is 1. The second-order valence-corrected chi connectivity index (χ2v) is 6.41. The Balaban J connectivity index is 2.45. The fourth-order valence-corrected chi connectivity index (χ4v) is 2.82. The van der Waals surface area contributed by atoms with E-state index in [2.05, 4.69) is 43.0 Å². The summed E-state index contributed by atoms with van der Waals surface area (Å²) >= 11 is 1.65. The number of carbonyl (C=O) groups is 1. The molecule has 5 heteroatoms. The number of thioether (sulfide) groups is 1. The van der Waals surface area contributed by atoms with Crippen LogP contribution in [0.5, 0.6) is 5.75 Å². The molecule has 0 aromatic heterocycles. The highest BCUT2D eigenvalue weighted by Crippen LogP contribution is 2.22. The maximum Gasteiger partial charge on any atom is 0.341 e. The molecule has 0 aliphatic rings. The molecule has 0 aliphatic carbocycles. The van der Waals surface area contributed by atoms with E-state index in [4.69, 9.17) is 15.1 Å². The highest BCUT2D eigenvalue weighted by molar-refractivity contribution is 7.98. The molecule has 2 aromatic carbocycles. The molecule has 0 spiro atoms. The minimum absolute atomic E-state index is 0.358. The summed E-state index contributed by atoms with van der Waals surface area (Å²) in [6, 6.07) is 13.1. The van der Waals surface area contributed by atoms with Gasteiger partial charge in [-0.1, -0.05) is 31.3 Å². The number of ether oxygens (including phenoxy) is 1. The van der Waals surface area contributed by atoms with Gasteiger partial charge in [0.05, 0.1) is 17.2 Å². The number of rotatable bonds is 6. The minimum atomic E-state index is -1.06. The lowest BCUT2D eigenvalue weighted by Gasteiger charge is -2.07. The fraction of sp³-hybridized carbons (Fsp3) is 0.238. The molecule has 0 saturated carbocycles. The van der Waals surface area contributed by atoms with Gasteiger partial charge in [0.1, 0.15) is 5.75 Å². The second-order valence-electron chi connectivity index (χ2n) is 5.53. The summed E-state index contributed by atoms with van der Waals surface area (Å²) < 4.78 is 5.29. The zero-order chi connectivity index (χ0) is 18.9. The number of benzene rings is 2. The predicted octanol–water partition coefficient (Wildman–Crippen LogP) is 4.10. The molecule has 0 atom stereocenters. The number of hydrogen-bond donors (Lipinski definition) is 1. The van der Waals surface area contributed by atoms with Gasteiger partial charge in [0, 0.05) is 10.5 Å². The molecule has 0 aliphatic heterocycles. The highest BCUT2D eigenvalue weighted by Gasteiger charge is 2.07. The summed E-state index contributed by atoms with van der Waals surface area (Å²) in [7, 11) is 0. The van der Waals surface area contributed by atoms with E-state index in [1.165, 1.54) is 5.56 Å². The van der Waals surface area contributed by atoms with Crippen molar-refractivity contribution in [2.45, 2.75) is 24.7 Å². The van der Waals surface area contributed by atoms with Gasteiger partial charge < -0.3 is 9.84 Å². The van der Waals surface area contributed by atoms with Crippen LogP contribution in [0.4, 0.5) is 0 Å². The SMILES string of the molecule is CCCc1ccc(SC)cc1C#Cc1cc(C#N)ccc1OCC(=O)O. The van der Waals surface area contributed by atoms with Gasteiger partial charge in [-0.2, -0.15) is 5.26 Å². The van der Waals surface area contributed by atoms with Crippen molar-refractivity contribution in [3.8, 4) is 23.7 Å². The van der Waals surface area contributed by atoms with E-state index in [1.807, 2.05) is 6.26 Å². The topological polar surface area (TPSA) is 70.3 Å². The molecule has 0 radical (unpaired) electrons. The van der Waals surface area contributed by atoms with Crippen LogP contribution in [-0.4, -0.2) is 23.9 Å². The zero-order valence-corrected chi connectivity index (χ0v) is 15.5. The van der Waals surface area contributed by atoms with Crippen molar-refractivity contribution in [1.82, 2.24) is 0 Å². The van der Waals surface area contributed by atoms with E-state index < -0.39 is 12.6 Å². The molecular weight excluding hydrogens is 346 g/mol. The summed E-state index contributed by atoms with van der Waals surface area (Å²) in [6.07, 6.45) is 3.96. The number of hydrogen-bond acceptors (Lipinski definition) is 4. The van der Waals surface area contributed by atoms with Crippen LogP contribution < -0.4 is 4.74 Å². The van der Waals surface area contributed by atoms with Crippen LogP contribution in [0.3, 0.4) is 0 Å². The Kier molecular flexibility index (Phi) is 7.14. The number of nitriles is 1. The zero-order valence-electron chi connectivity index (χ0n) is 14.7.